The third kappa shape index (κ3) is 4.21. The van der Waals surface area contributed by atoms with Crippen molar-refractivity contribution in [3.8, 4) is 11.1 Å². The molecule has 0 aromatic heterocycles. The summed E-state index contributed by atoms with van der Waals surface area (Å²) in [5.41, 5.74) is 8.28. The molecule has 5 aromatic carbocycles. The predicted octanol–water partition coefficient (Wildman–Crippen LogP) is 11.3. The monoisotopic (exact) mass is 472 g/mol. The van der Waals surface area contributed by atoms with Crippen molar-refractivity contribution in [2.75, 3.05) is 0 Å². The van der Waals surface area contributed by atoms with E-state index in [9.17, 15) is 0 Å². The Balaban J connectivity index is 2.01. The van der Waals surface area contributed by atoms with Crippen LogP contribution < -0.4 is 0 Å². The molecule has 5 rings (SSSR count). The van der Waals surface area contributed by atoms with Crippen LogP contribution >= 0.6 is 0 Å². The normalized spacial score (nSPS) is 12.3. The first-order chi connectivity index (χ1) is 17.2. The molecule has 0 spiro atoms. The highest BCUT2D eigenvalue weighted by atomic mass is 14.2. The molecule has 0 N–H and O–H groups in total. The average Bonchev–Trinajstić information content (AvgIpc) is 2.87. The Morgan fingerprint density at radius 2 is 0.889 bits per heavy atom. The van der Waals surface area contributed by atoms with Crippen LogP contribution in [0.15, 0.2) is 72.8 Å². The lowest BCUT2D eigenvalue weighted by Gasteiger charge is -2.20. The second-order valence-electron chi connectivity index (χ2n) is 11.8. The maximum absolute atomic E-state index is 2.46. The van der Waals surface area contributed by atoms with Gasteiger partial charge in [0.05, 0.1) is 0 Å². The molecule has 0 atom stereocenters. The van der Waals surface area contributed by atoms with Gasteiger partial charge in [-0.1, -0.05) is 128 Å². The maximum Gasteiger partial charge on any atom is -0.00202 e. The van der Waals surface area contributed by atoms with Crippen molar-refractivity contribution in [1.82, 2.24) is 0 Å². The molecule has 0 amide bonds. The summed E-state index contributed by atoms with van der Waals surface area (Å²) in [7, 11) is 0. The molecule has 0 aliphatic heterocycles. The summed E-state index contributed by atoms with van der Waals surface area (Å²) in [5, 5.41) is 8.25. The molecular formula is C36H40. The second-order valence-corrected chi connectivity index (χ2v) is 11.8. The molecule has 36 heavy (non-hydrogen) atoms. The van der Waals surface area contributed by atoms with Gasteiger partial charge in [-0.05, 0) is 89.4 Å². The Labute approximate surface area is 217 Å². The molecule has 0 saturated carbocycles. The van der Waals surface area contributed by atoms with Crippen LogP contribution in [0.25, 0.3) is 43.4 Å². The van der Waals surface area contributed by atoms with Gasteiger partial charge in [0, 0.05) is 0 Å². The average molecular weight is 473 g/mol. The minimum atomic E-state index is 0.463. The summed E-state index contributed by atoms with van der Waals surface area (Å²) < 4.78 is 0. The van der Waals surface area contributed by atoms with Gasteiger partial charge in [0.25, 0.3) is 0 Å². The quantitative estimate of drug-likeness (QED) is 0.223. The molecule has 0 saturated heterocycles. The van der Waals surface area contributed by atoms with Gasteiger partial charge >= 0.3 is 0 Å². The van der Waals surface area contributed by atoms with E-state index in [1.165, 1.54) is 65.7 Å². The Morgan fingerprint density at radius 3 is 1.47 bits per heavy atom. The minimum Gasteiger partial charge on any atom is -0.0614 e. The van der Waals surface area contributed by atoms with E-state index in [1.807, 2.05) is 0 Å². The van der Waals surface area contributed by atoms with Crippen LogP contribution in [0.5, 0.6) is 0 Å². The van der Waals surface area contributed by atoms with Crippen LogP contribution in [-0.2, 0) is 0 Å². The number of hydrogen-bond donors (Lipinski definition) is 0. The first kappa shape index (κ1) is 24.6. The van der Waals surface area contributed by atoms with E-state index in [0.29, 0.717) is 23.7 Å². The van der Waals surface area contributed by atoms with Crippen molar-refractivity contribution < 1.29 is 0 Å². The third-order valence-electron chi connectivity index (χ3n) is 7.96. The first-order valence-electron chi connectivity index (χ1n) is 13.7. The lowest BCUT2D eigenvalue weighted by molar-refractivity contribution is 0.866. The van der Waals surface area contributed by atoms with Crippen molar-refractivity contribution in [3.05, 3.63) is 95.1 Å². The number of fused-ring (bicyclic) bond motifs is 6. The van der Waals surface area contributed by atoms with Crippen LogP contribution in [0, 0.1) is 0 Å². The molecule has 5 aromatic rings. The minimum absolute atomic E-state index is 0.463. The van der Waals surface area contributed by atoms with Crippen molar-refractivity contribution in [2.24, 2.45) is 0 Å². The number of hydrogen-bond acceptors (Lipinski definition) is 0. The summed E-state index contributed by atoms with van der Waals surface area (Å²) in [6, 6.07) is 28.5. The number of rotatable bonds is 5. The van der Waals surface area contributed by atoms with Crippen LogP contribution in [0.1, 0.15) is 101 Å². The van der Waals surface area contributed by atoms with E-state index >= 15 is 0 Å². The fraction of sp³-hybridized carbons (Fsp3) is 0.333. The molecule has 0 fully saturated rings. The van der Waals surface area contributed by atoms with Gasteiger partial charge in [0.2, 0.25) is 0 Å². The van der Waals surface area contributed by atoms with Gasteiger partial charge in [-0.2, -0.15) is 0 Å². The van der Waals surface area contributed by atoms with Gasteiger partial charge in [-0.3, -0.25) is 0 Å². The highest BCUT2D eigenvalue weighted by Crippen LogP contribution is 2.43. The molecular weight excluding hydrogens is 432 g/mol. The van der Waals surface area contributed by atoms with Gasteiger partial charge in [-0.25, -0.2) is 0 Å². The van der Waals surface area contributed by atoms with Gasteiger partial charge < -0.3 is 0 Å². The Kier molecular flexibility index (Phi) is 6.41. The lowest BCUT2D eigenvalue weighted by atomic mass is 9.84. The van der Waals surface area contributed by atoms with Crippen LogP contribution in [0.4, 0.5) is 0 Å². The zero-order valence-corrected chi connectivity index (χ0v) is 23.2. The molecule has 0 aliphatic rings. The summed E-state index contributed by atoms with van der Waals surface area (Å²) in [5.74, 6) is 1.97. The van der Waals surface area contributed by atoms with E-state index in [1.54, 1.807) is 0 Å². The standard InChI is InChI=1S/C36H40/c1-21(2)25-10-9-11-28(16-25)32-19-29(24(7)8)20-35-30-14-12-26(22(3)4)17-33(30)34-18-27(23(5)6)13-15-31(34)36(32)35/h9-24H,1-8H3. The van der Waals surface area contributed by atoms with Crippen molar-refractivity contribution >= 4 is 32.3 Å². The van der Waals surface area contributed by atoms with Gasteiger partial charge in [0.1, 0.15) is 0 Å². The zero-order chi connectivity index (χ0) is 25.7. The molecule has 184 valence electrons. The van der Waals surface area contributed by atoms with E-state index in [-0.39, 0.29) is 0 Å². The van der Waals surface area contributed by atoms with E-state index in [2.05, 4.69) is 128 Å². The topological polar surface area (TPSA) is 0 Å². The van der Waals surface area contributed by atoms with Crippen molar-refractivity contribution in [1.29, 1.82) is 0 Å². The summed E-state index contributed by atoms with van der Waals surface area (Å²) in [6.45, 7) is 18.4. The molecule has 0 bridgehead atoms. The van der Waals surface area contributed by atoms with E-state index in [0.717, 1.165) is 0 Å². The van der Waals surface area contributed by atoms with Crippen LogP contribution in [0.3, 0.4) is 0 Å². The van der Waals surface area contributed by atoms with Crippen molar-refractivity contribution in [2.45, 2.75) is 79.1 Å². The Morgan fingerprint density at radius 1 is 0.389 bits per heavy atom. The van der Waals surface area contributed by atoms with E-state index in [4.69, 9.17) is 0 Å². The molecule has 0 heteroatoms. The smallest absolute Gasteiger partial charge is 0.00202 e. The van der Waals surface area contributed by atoms with Crippen LogP contribution in [-0.4, -0.2) is 0 Å². The molecule has 0 nitrogen and oxygen atoms in total. The van der Waals surface area contributed by atoms with Crippen molar-refractivity contribution in [3.63, 3.8) is 0 Å². The molecule has 0 heterocycles. The summed E-state index contributed by atoms with van der Waals surface area (Å²) in [4.78, 5) is 0. The largest absolute Gasteiger partial charge is 0.0614 e. The third-order valence-corrected chi connectivity index (χ3v) is 7.96. The summed E-state index contributed by atoms with van der Waals surface area (Å²) >= 11 is 0. The SMILES string of the molecule is CC(C)c1cccc(-c2cc(C(C)C)cc3c4ccc(C(C)C)cc4c4cc(C(C)C)ccc4c23)c1. The highest BCUT2D eigenvalue weighted by Gasteiger charge is 2.18. The fourth-order valence-electron chi connectivity index (χ4n) is 5.53. The summed E-state index contributed by atoms with van der Waals surface area (Å²) in [6.07, 6.45) is 0. The zero-order valence-electron chi connectivity index (χ0n) is 23.2. The highest BCUT2D eigenvalue weighted by molar-refractivity contribution is 6.28. The van der Waals surface area contributed by atoms with E-state index < -0.39 is 0 Å². The maximum atomic E-state index is 2.46. The predicted molar refractivity (Wildman–Crippen MR) is 161 cm³/mol. The molecule has 0 aliphatic carbocycles. The Bertz CT molecular complexity index is 1580. The lowest BCUT2D eigenvalue weighted by Crippen LogP contribution is -1.96. The molecule has 0 unspecified atom stereocenters. The first-order valence-corrected chi connectivity index (χ1v) is 13.7. The van der Waals surface area contributed by atoms with Gasteiger partial charge in [0.15, 0.2) is 0 Å². The Hall–Kier alpha value is -3.12. The van der Waals surface area contributed by atoms with Crippen LogP contribution in [0.2, 0.25) is 0 Å². The fourth-order valence-corrected chi connectivity index (χ4v) is 5.53. The molecule has 0 radical (unpaired) electrons. The number of benzene rings is 5. The van der Waals surface area contributed by atoms with Gasteiger partial charge in [-0.15, -0.1) is 0 Å². The second kappa shape index (κ2) is 9.40.